The predicted octanol–water partition coefficient (Wildman–Crippen LogP) is 2.19. The lowest BCUT2D eigenvalue weighted by Gasteiger charge is -2.22. The summed E-state index contributed by atoms with van der Waals surface area (Å²) in [6.45, 7) is 5.69. The molecule has 142 valence electrons. The zero-order valence-corrected chi connectivity index (χ0v) is 16.3. The summed E-state index contributed by atoms with van der Waals surface area (Å²) >= 11 is 0. The SMILES string of the molecule is CCC(C)C(N)C(=O)NC1CCN(c2cc(OC)cc(OC)c2)C1.Cl. The number of carbonyl (C=O) groups excluding carboxylic acids is 1. The van der Waals surface area contributed by atoms with Crippen LogP contribution < -0.4 is 25.4 Å². The Morgan fingerprint density at radius 1 is 1.32 bits per heavy atom. The van der Waals surface area contributed by atoms with Crippen LogP contribution in [0.5, 0.6) is 11.5 Å². The number of hydrogen-bond donors (Lipinski definition) is 2. The van der Waals surface area contributed by atoms with Crippen LogP contribution in [0.3, 0.4) is 0 Å². The van der Waals surface area contributed by atoms with Gasteiger partial charge in [0.1, 0.15) is 11.5 Å². The van der Waals surface area contributed by atoms with Crippen molar-refractivity contribution in [1.29, 1.82) is 0 Å². The summed E-state index contributed by atoms with van der Waals surface area (Å²) in [5, 5.41) is 3.08. The summed E-state index contributed by atoms with van der Waals surface area (Å²) in [6, 6.07) is 5.49. The number of ether oxygens (including phenoxy) is 2. The van der Waals surface area contributed by atoms with E-state index in [1.165, 1.54) is 0 Å². The highest BCUT2D eigenvalue weighted by Gasteiger charge is 2.27. The van der Waals surface area contributed by atoms with Crippen molar-refractivity contribution in [1.82, 2.24) is 5.32 Å². The maximum atomic E-state index is 12.2. The fraction of sp³-hybridized carbons (Fsp3) is 0.611. The van der Waals surface area contributed by atoms with Crippen LogP contribution in [-0.4, -0.2) is 45.3 Å². The molecular weight excluding hydrogens is 342 g/mol. The van der Waals surface area contributed by atoms with E-state index in [-0.39, 0.29) is 30.3 Å². The summed E-state index contributed by atoms with van der Waals surface area (Å²) in [6.07, 6.45) is 1.80. The number of rotatable bonds is 7. The number of hydrogen-bond acceptors (Lipinski definition) is 5. The van der Waals surface area contributed by atoms with Gasteiger partial charge in [-0.2, -0.15) is 0 Å². The Hall–Kier alpha value is -1.66. The minimum atomic E-state index is -0.444. The average Bonchev–Trinajstić information content (AvgIpc) is 3.08. The lowest BCUT2D eigenvalue weighted by atomic mass is 9.99. The summed E-state index contributed by atoms with van der Waals surface area (Å²) in [7, 11) is 3.28. The standard InChI is InChI=1S/C18H29N3O3.ClH/c1-5-12(2)17(19)18(22)20-13-6-7-21(11-13)14-8-15(23-3)10-16(9-14)24-4;/h8-10,12-13,17H,5-7,11,19H2,1-4H3,(H,20,22);1H. The number of carbonyl (C=O) groups is 1. The smallest absolute Gasteiger partial charge is 0.237 e. The van der Waals surface area contributed by atoms with Gasteiger partial charge >= 0.3 is 0 Å². The molecule has 0 aliphatic carbocycles. The number of benzene rings is 1. The van der Waals surface area contributed by atoms with Crippen LogP contribution in [-0.2, 0) is 4.79 Å². The fourth-order valence-electron chi connectivity index (χ4n) is 2.90. The Balaban J connectivity index is 0.00000312. The van der Waals surface area contributed by atoms with Gasteiger partial charge in [-0.1, -0.05) is 20.3 Å². The van der Waals surface area contributed by atoms with Gasteiger partial charge in [-0.3, -0.25) is 4.79 Å². The van der Waals surface area contributed by atoms with Gasteiger partial charge in [0, 0.05) is 43.0 Å². The minimum absolute atomic E-state index is 0. The van der Waals surface area contributed by atoms with Crippen molar-refractivity contribution in [3.05, 3.63) is 18.2 Å². The van der Waals surface area contributed by atoms with Gasteiger partial charge in [-0.25, -0.2) is 0 Å². The molecule has 0 spiro atoms. The molecule has 0 saturated carbocycles. The van der Waals surface area contributed by atoms with Crippen molar-refractivity contribution in [3.63, 3.8) is 0 Å². The van der Waals surface area contributed by atoms with E-state index in [1.54, 1.807) is 14.2 Å². The predicted molar refractivity (Wildman–Crippen MR) is 103 cm³/mol. The van der Waals surface area contributed by atoms with Crippen molar-refractivity contribution >= 4 is 24.0 Å². The third-order valence-electron chi connectivity index (χ3n) is 4.80. The number of anilines is 1. The van der Waals surface area contributed by atoms with E-state index in [2.05, 4.69) is 10.2 Å². The van der Waals surface area contributed by atoms with Gasteiger partial charge in [0.15, 0.2) is 0 Å². The molecule has 0 radical (unpaired) electrons. The van der Waals surface area contributed by atoms with Crippen LogP contribution in [0, 0.1) is 5.92 Å². The van der Waals surface area contributed by atoms with E-state index >= 15 is 0 Å². The molecular formula is C18H30ClN3O3. The largest absolute Gasteiger partial charge is 0.497 e. The van der Waals surface area contributed by atoms with Gasteiger partial charge in [-0.15, -0.1) is 12.4 Å². The third kappa shape index (κ3) is 5.41. The van der Waals surface area contributed by atoms with Crippen molar-refractivity contribution in [2.75, 3.05) is 32.2 Å². The average molecular weight is 372 g/mol. The minimum Gasteiger partial charge on any atom is -0.497 e. The normalized spacial score (nSPS) is 18.9. The maximum Gasteiger partial charge on any atom is 0.237 e. The highest BCUT2D eigenvalue weighted by Crippen LogP contribution is 2.30. The first-order valence-corrected chi connectivity index (χ1v) is 8.52. The van der Waals surface area contributed by atoms with Crippen molar-refractivity contribution in [2.45, 2.75) is 38.8 Å². The van der Waals surface area contributed by atoms with Gasteiger partial charge in [-0.05, 0) is 12.3 Å². The molecule has 1 aromatic carbocycles. The summed E-state index contributed by atoms with van der Waals surface area (Å²) in [5.74, 6) is 1.65. The maximum absolute atomic E-state index is 12.2. The van der Waals surface area contributed by atoms with Crippen LogP contribution in [0.15, 0.2) is 18.2 Å². The van der Waals surface area contributed by atoms with E-state index in [0.29, 0.717) is 0 Å². The first-order chi connectivity index (χ1) is 11.5. The molecule has 3 atom stereocenters. The van der Waals surface area contributed by atoms with E-state index in [1.807, 2.05) is 32.0 Å². The Bertz CT molecular complexity index is 548. The molecule has 0 bridgehead atoms. The number of halogens is 1. The third-order valence-corrected chi connectivity index (χ3v) is 4.80. The molecule has 1 amide bonds. The van der Waals surface area contributed by atoms with E-state index in [4.69, 9.17) is 15.2 Å². The van der Waals surface area contributed by atoms with Gasteiger partial charge in [0.05, 0.1) is 20.3 Å². The van der Waals surface area contributed by atoms with Crippen molar-refractivity contribution < 1.29 is 14.3 Å². The fourth-order valence-corrected chi connectivity index (χ4v) is 2.90. The molecule has 25 heavy (non-hydrogen) atoms. The van der Waals surface area contributed by atoms with Gasteiger partial charge in [0.25, 0.3) is 0 Å². The van der Waals surface area contributed by atoms with Crippen LogP contribution >= 0.6 is 12.4 Å². The van der Waals surface area contributed by atoms with Gasteiger partial charge < -0.3 is 25.4 Å². The number of nitrogens with zero attached hydrogens (tertiary/aromatic N) is 1. The van der Waals surface area contributed by atoms with E-state index in [0.717, 1.165) is 43.1 Å². The second-order valence-corrected chi connectivity index (χ2v) is 6.42. The molecule has 1 fully saturated rings. The number of amides is 1. The van der Waals surface area contributed by atoms with E-state index in [9.17, 15) is 4.79 Å². The molecule has 3 unspecified atom stereocenters. The lowest BCUT2D eigenvalue weighted by Crippen LogP contribution is -2.49. The first kappa shape index (κ1) is 21.4. The van der Waals surface area contributed by atoms with Crippen LogP contribution in [0.1, 0.15) is 26.7 Å². The molecule has 6 nitrogen and oxygen atoms in total. The molecule has 1 aromatic rings. The second kappa shape index (κ2) is 9.73. The Labute approximate surface area is 156 Å². The molecule has 0 aromatic heterocycles. The summed E-state index contributed by atoms with van der Waals surface area (Å²) in [4.78, 5) is 14.5. The highest BCUT2D eigenvalue weighted by atomic mass is 35.5. The van der Waals surface area contributed by atoms with Gasteiger partial charge in [0.2, 0.25) is 5.91 Å². The summed E-state index contributed by atoms with van der Waals surface area (Å²) in [5.41, 5.74) is 7.05. The Morgan fingerprint density at radius 2 is 1.92 bits per heavy atom. The van der Waals surface area contributed by atoms with E-state index < -0.39 is 6.04 Å². The van der Waals surface area contributed by atoms with Crippen molar-refractivity contribution in [3.8, 4) is 11.5 Å². The van der Waals surface area contributed by atoms with Crippen LogP contribution in [0.4, 0.5) is 5.69 Å². The zero-order valence-electron chi connectivity index (χ0n) is 15.5. The molecule has 1 aliphatic heterocycles. The second-order valence-electron chi connectivity index (χ2n) is 6.42. The lowest BCUT2D eigenvalue weighted by molar-refractivity contribution is -0.124. The summed E-state index contributed by atoms with van der Waals surface area (Å²) < 4.78 is 10.7. The quantitative estimate of drug-likeness (QED) is 0.768. The molecule has 2 rings (SSSR count). The number of nitrogens with two attached hydrogens (primary N) is 1. The Morgan fingerprint density at radius 3 is 2.44 bits per heavy atom. The molecule has 1 heterocycles. The molecule has 1 aliphatic rings. The zero-order chi connectivity index (χ0) is 17.7. The topological polar surface area (TPSA) is 76.8 Å². The van der Waals surface area contributed by atoms with Crippen LogP contribution in [0.2, 0.25) is 0 Å². The Kier molecular flexibility index (Phi) is 8.32. The molecule has 7 heteroatoms. The van der Waals surface area contributed by atoms with Crippen molar-refractivity contribution in [2.24, 2.45) is 11.7 Å². The number of nitrogens with one attached hydrogen (secondary N) is 1. The molecule has 1 saturated heterocycles. The highest BCUT2D eigenvalue weighted by molar-refractivity contribution is 5.85. The monoisotopic (exact) mass is 371 g/mol. The molecule has 3 N–H and O–H groups in total. The first-order valence-electron chi connectivity index (χ1n) is 8.52. The van der Waals surface area contributed by atoms with Crippen LogP contribution in [0.25, 0.3) is 0 Å². The number of methoxy groups -OCH3 is 2.